The highest BCUT2D eigenvalue weighted by atomic mass is 35.5. The number of benzene rings is 1. The van der Waals surface area contributed by atoms with Crippen molar-refractivity contribution in [2.45, 2.75) is 18.2 Å². The van der Waals surface area contributed by atoms with Gasteiger partial charge in [0, 0.05) is 10.0 Å². The van der Waals surface area contributed by atoms with Crippen molar-refractivity contribution in [3.8, 4) is 11.7 Å². The number of hydrogen-bond acceptors (Lipinski definition) is 6. The summed E-state index contributed by atoms with van der Waals surface area (Å²) < 4.78 is 10.6. The first kappa shape index (κ1) is 17.8. The zero-order chi connectivity index (χ0) is 17.8. The van der Waals surface area contributed by atoms with E-state index in [-0.39, 0.29) is 23.6 Å². The second-order valence-corrected chi connectivity index (χ2v) is 6.86. The number of carbonyl (C=O) groups excluding carboxylic acids is 1. The normalized spacial score (nSPS) is 12.1. The van der Waals surface area contributed by atoms with Crippen LogP contribution in [0.2, 0.25) is 10.0 Å². The Bertz CT molecular complexity index is 867. The molecule has 3 rings (SSSR count). The number of rotatable bonds is 6. The van der Waals surface area contributed by atoms with Crippen molar-refractivity contribution in [3.05, 3.63) is 52.2 Å². The summed E-state index contributed by atoms with van der Waals surface area (Å²) in [6, 6.07) is 8.35. The summed E-state index contributed by atoms with van der Waals surface area (Å²) in [7, 11) is 0. The maximum atomic E-state index is 12.1. The van der Waals surface area contributed by atoms with Crippen LogP contribution in [-0.4, -0.2) is 21.9 Å². The van der Waals surface area contributed by atoms with Gasteiger partial charge >= 0.3 is 0 Å². The summed E-state index contributed by atoms with van der Waals surface area (Å²) in [5.41, 5.74) is 0.794. The molecule has 0 radical (unpaired) electrons. The number of halogens is 2. The van der Waals surface area contributed by atoms with Gasteiger partial charge in [-0.05, 0) is 36.8 Å². The zero-order valence-electron chi connectivity index (χ0n) is 13.0. The molecule has 0 aliphatic rings. The summed E-state index contributed by atoms with van der Waals surface area (Å²) in [6.07, 6.45) is 1.52. The maximum absolute atomic E-state index is 12.1. The molecular weight excluding hydrogens is 385 g/mol. The Morgan fingerprint density at radius 3 is 2.88 bits per heavy atom. The Morgan fingerprint density at radius 2 is 2.16 bits per heavy atom. The average molecular weight is 398 g/mol. The Balaban J connectivity index is 1.54. The van der Waals surface area contributed by atoms with Crippen LogP contribution in [0, 0.1) is 0 Å². The fourth-order valence-corrected chi connectivity index (χ4v) is 3.26. The van der Waals surface area contributed by atoms with Crippen LogP contribution in [-0.2, 0) is 4.79 Å². The number of nitrogens with one attached hydrogen (secondary N) is 1. The second kappa shape index (κ2) is 7.95. The van der Waals surface area contributed by atoms with Crippen LogP contribution in [0.25, 0.3) is 11.7 Å². The first-order valence-electron chi connectivity index (χ1n) is 7.27. The minimum atomic E-state index is -0.251. The smallest absolute Gasteiger partial charge is 0.284 e. The first-order valence-corrected chi connectivity index (χ1v) is 9.01. The maximum Gasteiger partial charge on any atom is 0.284 e. The molecule has 3 aromatic rings. The van der Waals surface area contributed by atoms with Gasteiger partial charge in [0.05, 0.1) is 18.1 Å². The highest BCUT2D eigenvalue weighted by molar-refractivity contribution is 7.99. The van der Waals surface area contributed by atoms with Gasteiger partial charge in [-0.15, -0.1) is 10.2 Å². The molecule has 9 heteroatoms. The molecule has 2 aromatic heterocycles. The van der Waals surface area contributed by atoms with Gasteiger partial charge in [0.1, 0.15) is 0 Å². The summed E-state index contributed by atoms with van der Waals surface area (Å²) in [5.74, 6) is 0.709. The highest BCUT2D eigenvalue weighted by Crippen LogP contribution is 2.27. The monoisotopic (exact) mass is 397 g/mol. The number of hydrogen-bond donors (Lipinski definition) is 1. The fourth-order valence-electron chi connectivity index (χ4n) is 2.11. The van der Waals surface area contributed by atoms with Gasteiger partial charge in [0.2, 0.25) is 5.91 Å². The molecule has 0 saturated heterocycles. The van der Waals surface area contributed by atoms with Crippen LogP contribution in [0.3, 0.4) is 0 Å². The molecule has 0 aliphatic carbocycles. The zero-order valence-corrected chi connectivity index (χ0v) is 15.4. The van der Waals surface area contributed by atoms with Crippen molar-refractivity contribution in [2.24, 2.45) is 0 Å². The molecule has 0 unspecified atom stereocenters. The van der Waals surface area contributed by atoms with E-state index in [4.69, 9.17) is 32.0 Å². The Kier molecular flexibility index (Phi) is 5.67. The lowest BCUT2D eigenvalue weighted by Crippen LogP contribution is -2.28. The third kappa shape index (κ3) is 4.56. The third-order valence-electron chi connectivity index (χ3n) is 3.27. The minimum absolute atomic E-state index is 0.134. The van der Waals surface area contributed by atoms with E-state index in [9.17, 15) is 4.79 Å². The van der Waals surface area contributed by atoms with Crippen molar-refractivity contribution in [2.75, 3.05) is 5.75 Å². The van der Waals surface area contributed by atoms with Crippen LogP contribution >= 0.6 is 35.0 Å². The van der Waals surface area contributed by atoms with E-state index < -0.39 is 0 Å². The van der Waals surface area contributed by atoms with E-state index in [0.717, 1.165) is 17.3 Å². The second-order valence-electron chi connectivity index (χ2n) is 5.09. The largest absolute Gasteiger partial charge is 0.459 e. The Morgan fingerprint density at radius 1 is 1.32 bits per heavy atom. The van der Waals surface area contributed by atoms with Crippen molar-refractivity contribution in [3.63, 3.8) is 0 Å². The molecule has 1 amide bonds. The standard InChI is InChI=1S/C16H13Cl2N3O3S/c1-9(11-5-4-10(17)7-12(11)18)19-14(22)8-25-16-21-20-15(24-16)13-3-2-6-23-13/h2-7,9H,8H2,1H3,(H,19,22)/t9-/m1/s1. The van der Waals surface area contributed by atoms with Gasteiger partial charge in [0.25, 0.3) is 11.1 Å². The van der Waals surface area contributed by atoms with Crippen molar-refractivity contribution < 1.29 is 13.6 Å². The molecule has 25 heavy (non-hydrogen) atoms. The third-order valence-corrected chi connectivity index (χ3v) is 4.65. The predicted octanol–water partition coefficient (Wildman–Crippen LogP) is 4.61. The summed E-state index contributed by atoms with van der Waals surface area (Å²) in [6.45, 7) is 1.85. The molecule has 6 nitrogen and oxygen atoms in total. The molecule has 1 N–H and O–H groups in total. The molecule has 2 heterocycles. The summed E-state index contributed by atoms with van der Waals surface area (Å²) in [4.78, 5) is 12.1. The van der Waals surface area contributed by atoms with E-state index in [1.54, 1.807) is 30.3 Å². The molecule has 0 aliphatic heterocycles. The summed E-state index contributed by atoms with van der Waals surface area (Å²) >= 11 is 13.2. The number of thioether (sulfide) groups is 1. The predicted molar refractivity (Wildman–Crippen MR) is 95.7 cm³/mol. The van der Waals surface area contributed by atoms with Crippen molar-refractivity contribution in [1.82, 2.24) is 15.5 Å². The molecule has 1 atom stereocenters. The fraction of sp³-hybridized carbons (Fsp3) is 0.188. The van der Waals surface area contributed by atoms with Crippen molar-refractivity contribution >= 4 is 40.9 Å². The van der Waals surface area contributed by atoms with Gasteiger partial charge in [-0.1, -0.05) is 41.0 Å². The van der Waals surface area contributed by atoms with Gasteiger partial charge < -0.3 is 14.2 Å². The number of nitrogens with zero attached hydrogens (tertiary/aromatic N) is 2. The van der Waals surface area contributed by atoms with Crippen molar-refractivity contribution in [1.29, 1.82) is 0 Å². The van der Waals surface area contributed by atoms with Gasteiger partial charge in [0.15, 0.2) is 5.76 Å². The van der Waals surface area contributed by atoms with Crippen LogP contribution in [0.4, 0.5) is 0 Å². The number of amides is 1. The lowest BCUT2D eigenvalue weighted by molar-refractivity contribution is -0.119. The SMILES string of the molecule is C[C@@H](NC(=O)CSc1nnc(-c2ccco2)o1)c1ccc(Cl)cc1Cl. The molecule has 130 valence electrons. The first-order chi connectivity index (χ1) is 12.0. The van der Waals surface area contributed by atoms with E-state index in [1.165, 1.54) is 6.26 Å². The lowest BCUT2D eigenvalue weighted by Gasteiger charge is -2.15. The number of carbonyl (C=O) groups is 1. The van der Waals surface area contributed by atoms with Crippen LogP contribution in [0.15, 0.2) is 50.7 Å². The summed E-state index contributed by atoms with van der Waals surface area (Å²) in [5, 5.41) is 12.0. The highest BCUT2D eigenvalue weighted by Gasteiger charge is 2.16. The molecule has 0 fully saturated rings. The molecule has 0 spiro atoms. The topological polar surface area (TPSA) is 81.2 Å². The number of aromatic nitrogens is 2. The van der Waals surface area contributed by atoms with E-state index in [1.807, 2.05) is 6.92 Å². The van der Waals surface area contributed by atoms with Crippen LogP contribution in [0.1, 0.15) is 18.5 Å². The van der Waals surface area contributed by atoms with E-state index in [2.05, 4.69) is 15.5 Å². The van der Waals surface area contributed by atoms with E-state index in [0.29, 0.717) is 21.0 Å². The van der Waals surface area contributed by atoms with E-state index >= 15 is 0 Å². The Hall–Kier alpha value is -1.96. The van der Waals surface area contributed by atoms with Gasteiger partial charge in [-0.2, -0.15) is 0 Å². The lowest BCUT2D eigenvalue weighted by atomic mass is 10.1. The molecule has 0 saturated carbocycles. The van der Waals surface area contributed by atoms with Gasteiger partial charge in [-0.25, -0.2) is 0 Å². The molecule has 0 bridgehead atoms. The van der Waals surface area contributed by atoms with Crippen LogP contribution < -0.4 is 5.32 Å². The minimum Gasteiger partial charge on any atom is -0.459 e. The van der Waals surface area contributed by atoms with Gasteiger partial charge in [-0.3, -0.25) is 4.79 Å². The molecular formula is C16H13Cl2N3O3S. The average Bonchev–Trinajstić information content (AvgIpc) is 3.24. The quantitative estimate of drug-likeness (QED) is 0.611. The molecule has 1 aromatic carbocycles. The Labute approximate surface area is 157 Å². The van der Waals surface area contributed by atoms with Crippen LogP contribution in [0.5, 0.6) is 0 Å². The number of furan rings is 1.